The first-order valence-electron chi connectivity index (χ1n) is 13.0. The lowest BCUT2D eigenvalue weighted by Crippen LogP contribution is -2.35. The fourth-order valence-corrected chi connectivity index (χ4v) is 6.59. The van der Waals surface area contributed by atoms with Gasteiger partial charge in [-0.05, 0) is 57.8 Å². The van der Waals surface area contributed by atoms with E-state index in [2.05, 4.69) is 35.2 Å². The molecule has 0 aliphatic carbocycles. The Bertz CT molecular complexity index is 1710. The topological polar surface area (TPSA) is 65.8 Å². The van der Waals surface area contributed by atoms with Crippen LogP contribution in [0.3, 0.4) is 0 Å². The molecule has 0 saturated heterocycles. The summed E-state index contributed by atoms with van der Waals surface area (Å²) in [5.74, 6) is -0.252. The van der Waals surface area contributed by atoms with Crippen molar-refractivity contribution in [1.82, 2.24) is 8.87 Å². The average molecular weight is 536 g/mol. The van der Waals surface area contributed by atoms with E-state index in [4.69, 9.17) is 0 Å². The number of benzene rings is 4. The fraction of sp³-hybridized carbons (Fsp3) is 0.156. The summed E-state index contributed by atoms with van der Waals surface area (Å²) in [5, 5.41) is 11.9. The van der Waals surface area contributed by atoms with E-state index in [9.17, 15) is 14.1 Å². The van der Waals surface area contributed by atoms with E-state index in [1.807, 2.05) is 65.0 Å². The number of aromatic hydroxyl groups is 1. The summed E-state index contributed by atoms with van der Waals surface area (Å²) < 4.78 is 17.6. The number of aromatic nitrogens is 1. The molecule has 0 saturated carbocycles. The largest absolute Gasteiger partial charge is 0.503 e. The van der Waals surface area contributed by atoms with Gasteiger partial charge < -0.3 is 14.6 Å². The van der Waals surface area contributed by atoms with E-state index >= 15 is 0 Å². The van der Waals surface area contributed by atoms with Crippen molar-refractivity contribution in [2.24, 2.45) is 0 Å². The molecule has 1 aromatic heterocycles. The van der Waals surface area contributed by atoms with Gasteiger partial charge in [0.2, 0.25) is 0 Å². The van der Waals surface area contributed by atoms with Gasteiger partial charge in [-0.2, -0.15) is 0 Å². The number of hydrogen-bond acceptors (Lipinski definition) is 4. The lowest BCUT2D eigenvalue weighted by molar-refractivity contribution is 0.449. The van der Waals surface area contributed by atoms with Gasteiger partial charge in [-0.3, -0.25) is 4.79 Å². The molecule has 1 N–H and O–H groups in total. The van der Waals surface area contributed by atoms with Gasteiger partial charge in [0, 0.05) is 44.6 Å². The molecule has 196 valence electrons. The van der Waals surface area contributed by atoms with E-state index in [0.717, 1.165) is 38.0 Å². The molecule has 0 amide bonds. The number of nitrogens with zero attached hydrogens (tertiary/aromatic N) is 3. The summed E-state index contributed by atoms with van der Waals surface area (Å²) in [4.78, 5) is 15.5. The van der Waals surface area contributed by atoms with Crippen molar-refractivity contribution in [1.29, 1.82) is 0 Å². The molecule has 2 heterocycles. The van der Waals surface area contributed by atoms with Crippen LogP contribution in [-0.2, 0) is 24.1 Å². The summed E-state index contributed by atoms with van der Waals surface area (Å²) >= 11 is 0. The average Bonchev–Trinajstić information content (AvgIpc) is 3.16. The monoisotopic (exact) mass is 535 g/mol. The van der Waals surface area contributed by atoms with Crippen molar-refractivity contribution in [3.63, 3.8) is 0 Å². The maximum absolute atomic E-state index is 14.0. The highest BCUT2D eigenvalue weighted by atomic mass is 32.2. The Balaban J connectivity index is 1.35. The van der Waals surface area contributed by atoms with Crippen molar-refractivity contribution >= 4 is 27.4 Å². The van der Waals surface area contributed by atoms with Crippen LogP contribution in [0.25, 0.3) is 21.9 Å². The molecule has 6 nitrogen and oxygen atoms in total. The van der Waals surface area contributed by atoms with Gasteiger partial charge in [-0.15, -0.1) is 0 Å². The Morgan fingerprint density at radius 2 is 1.56 bits per heavy atom. The smallest absolute Gasteiger partial charge is 0.292 e. The zero-order chi connectivity index (χ0) is 26.8. The number of fused-ring (bicyclic) bond motifs is 2. The summed E-state index contributed by atoms with van der Waals surface area (Å²) in [6.07, 6.45) is 1.70. The molecule has 39 heavy (non-hydrogen) atoms. The van der Waals surface area contributed by atoms with Crippen LogP contribution >= 0.6 is 0 Å². The van der Waals surface area contributed by atoms with Crippen molar-refractivity contribution in [3.8, 4) is 16.9 Å². The second-order valence-corrected chi connectivity index (χ2v) is 11.1. The minimum atomic E-state index is -1.36. The summed E-state index contributed by atoms with van der Waals surface area (Å²) in [7, 11) is -1.36. The number of anilines is 1. The van der Waals surface area contributed by atoms with Crippen LogP contribution in [0.2, 0.25) is 0 Å². The molecule has 4 aromatic carbocycles. The molecular formula is C32H29N3O3S. The molecule has 0 radical (unpaired) electrons. The van der Waals surface area contributed by atoms with Crippen molar-refractivity contribution in [2.45, 2.75) is 18.0 Å². The molecule has 6 rings (SSSR count). The summed E-state index contributed by atoms with van der Waals surface area (Å²) in [6, 6.07) is 33.8. The van der Waals surface area contributed by atoms with Crippen LogP contribution in [0.1, 0.15) is 5.56 Å². The Morgan fingerprint density at radius 3 is 2.44 bits per heavy atom. The number of hydrogen-bond donors (Lipinski definition) is 1. The Hall–Kier alpha value is -4.20. The van der Waals surface area contributed by atoms with Gasteiger partial charge in [0.15, 0.2) is 5.75 Å². The molecular weight excluding hydrogens is 506 g/mol. The first-order chi connectivity index (χ1) is 19.1. The first kappa shape index (κ1) is 25.1. The molecule has 7 heteroatoms. The second-order valence-electron chi connectivity index (χ2n) is 9.68. The first-order valence-corrected chi connectivity index (χ1v) is 14.2. The molecule has 0 spiro atoms. The molecule has 5 aromatic rings. The van der Waals surface area contributed by atoms with Gasteiger partial charge in [0.05, 0.1) is 4.90 Å². The van der Waals surface area contributed by atoms with Crippen LogP contribution in [0.4, 0.5) is 5.69 Å². The van der Waals surface area contributed by atoms with Crippen LogP contribution in [0.15, 0.2) is 119 Å². The zero-order valence-electron chi connectivity index (χ0n) is 21.4. The van der Waals surface area contributed by atoms with E-state index in [0.29, 0.717) is 32.7 Å². The SMILES string of the molecule is O=c1c(O)cccn1CCN1CCN(S(=O)c2cccc3ccccc23)Cc2cc(-c3ccccc3)ccc21. The maximum atomic E-state index is 14.0. The van der Waals surface area contributed by atoms with Gasteiger partial charge in [0.25, 0.3) is 5.56 Å². The Kier molecular flexibility index (Phi) is 7.00. The van der Waals surface area contributed by atoms with E-state index in [-0.39, 0.29) is 5.75 Å². The second kappa shape index (κ2) is 10.9. The Labute approximate surface area is 230 Å². The van der Waals surface area contributed by atoms with E-state index in [1.54, 1.807) is 12.3 Å². The number of rotatable bonds is 6. The molecule has 1 aliphatic heterocycles. The standard InChI is InChI=1S/C32H29N3O3S/c36-30-13-7-17-34(32(30)37)19-18-33-20-21-35(39(38)31-14-6-11-25-10-4-5-12-28(25)31)23-27-22-26(15-16-29(27)33)24-8-2-1-3-9-24/h1-17,22,36H,18-21,23H2. The molecule has 1 aliphatic rings. The van der Waals surface area contributed by atoms with Crippen LogP contribution in [0.5, 0.6) is 5.75 Å². The van der Waals surface area contributed by atoms with Crippen molar-refractivity contribution < 1.29 is 9.32 Å². The Morgan fingerprint density at radius 1 is 0.769 bits per heavy atom. The third kappa shape index (κ3) is 5.11. The van der Waals surface area contributed by atoms with Gasteiger partial charge in [0.1, 0.15) is 11.0 Å². The van der Waals surface area contributed by atoms with Gasteiger partial charge >= 0.3 is 0 Å². The maximum Gasteiger partial charge on any atom is 0.292 e. The normalized spacial score (nSPS) is 14.6. The third-order valence-electron chi connectivity index (χ3n) is 7.28. The lowest BCUT2D eigenvalue weighted by Gasteiger charge is -2.25. The summed E-state index contributed by atoms with van der Waals surface area (Å²) in [6.45, 7) is 2.80. The molecule has 0 bridgehead atoms. The predicted molar refractivity (Wildman–Crippen MR) is 157 cm³/mol. The minimum absolute atomic E-state index is 0.252. The minimum Gasteiger partial charge on any atom is -0.503 e. The highest BCUT2D eigenvalue weighted by Crippen LogP contribution is 2.32. The highest BCUT2D eigenvalue weighted by Gasteiger charge is 2.25. The predicted octanol–water partition coefficient (Wildman–Crippen LogP) is 5.42. The van der Waals surface area contributed by atoms with Crippen LogP contribution < -0.4 is 10.5 Å². The van der Waals surface area contributed by atoms with E-state index in [1.165, 1.54) is 10.6 Å². The van der Waals surface area contributed by atoms with Crippen LogP contribution in [-0.4, -0.2) is 37.8 Å². The van der Waals surface area contributed by atoms with Gasteiger partial charge in [-0.25, -0.2) is 8.51 Å². The lowest BCUT2D eigenvalue weighted by atomic mass is 10.0. The quantitative estimate of drug-likeness (QED) is 0.315. The van der Waals surface area contributed by atoms with Crippen molar-refractivity contribution in [2.75, 3.05) is 24.5 Å². The fourth-order valence-electron chi connectivity index (χ4n) is 5.24. The third-order valence-corrected chi connectivity index (χ3v) is 8.79. The zero-order valence-corrected chi connectivity index (χ0v) is 22.3. The number of pyridine rings is 1. The molecule has 0 fully saturated rings. The van der Waals surface area contributed by atoms with Crippen LogP contribution in [0, 0.1) is 0 Å². The highest BCUT2D eigenvalue weighted by molar-refractivity contribution is 7.82. The van der Waals surface area contributed by atoms with E-state index < -0.39 is 16.5 Å². The van der Waals surface area contributed by atoms with Gasteiger partial charge in [-0.1, -0.05) is 72.8 Å². The van der Waals surface area contributed by atoms with Crippen molar-refractivity contribution in [3.05, 3.63) is 125 Å². The molecule has 1 atom stereocenters. The molecule has 1 unspecified atom stereocenters. The summed E-state index contributed by atoms with van der Waals surface area (Å²) in [5.41, 5.74) is 4.00.